The number of thiazole rings is 1. The average Bonchev–Trinajstić information content (AvgIpc) is 3.37. The van der Waals surface area contributed by atoms with Gasteiger partial charge in [-0.2, -0.15) is 0 Å². The van der Waals surface area contributed by atoms with Gasteiger partial charge in [0, 0.05) is 43.7 Å². The minimum atomic E-state index is -0.0359. The van der Waals surface area contributed by atoms with Crippen LogP contribution in [0.3, 0.4) is 0 Å². The van der Waals surface area contributed by atoms with Crippen LogP contribution in [0.1, 0.15) is 26.6 Å². The molecule has 0 bridgehead atoms. The first kappa shape index (κ1) is 24.8. The van der Waals surface area contributed by atoms with Gasteiger partial charge in [0.2, 0.25) is 5.75 Å². The summed E-state index contributed by atoms with van der Waals surface area (Å²) in [6.45, 7) is 5.88. The van der Waals surface area contributed by atoms with Crippen LogP contribution >= 0.6 is 11.3 Å². The van der Waals surface area contributed by atoms with Crippen LogP contribution in [0, 0.1) is 6.92 Å². The predicted molar refractivity (Wildman–Crippen MR) is 135 cm³/mol. The molecule has 1 amide bonds. The van der Waals surface area contributed by atoms with Gasteiger partial charge >= 0.3 is 0 Å². The molecule has 1 aliphatic rings. The van der Waals surface area contributed by atoms with Crippen molar-refractivity contribution in [2.75, 3.05) is 47.5 Å². The van der Waals surface area contributed by atoms with Crippen molar-refractivity contribution in [1.29, 1.82) is 0 Å². The molecule has 1 aliphatic heterocycles. The van der Waals surface area contributed by atoms with E-state index in [1.54, 1.807) is 21.3 Å². The summed E-state index contributed by atoms with van der Waals surface area (Å²) >= 11 is 1.45. The van der Waals surface area contributed by atoms with E-state index < -0.39 is 0 Å². The van der Waals surface area contributed by atoms with Gasteiger partial charge in [-0.1, -0.05) is 23.8 Å². The molecule has 0 unspecified atom stereocenters. The van der Waals surface area contributed by atoms with Crippen molar-refractivity contribution in [3.05, 3.63) is 63.6 Å². The number of aryl methyl sites for hydroxylation is 1. The number of carbonyl (C=O) groups excluding carboxylic acids is 1. The van der Waals surface area contributed by atoms with E-state index in [4.69, 9.17) is 18.9 Å². The fourth-order valence-corrected chi connectivity index (χ4v) is 4.73. The van der Waals surface area contributed by atoms with Gasteiger partial charge in [0.05, 0.1) is 21.3 Å². The number of ether oxygens (including phenoxy) is 4. The van der Waals surface area contributed by atoms with Crippen molar-refractivity contribution in [1.82, 2.24) is 14.8 Å². The van der Waals surface area contributed by atoms with Crippen molar-refractivity contribution >= 4 is 17.2 Å². The number of hydrogen-bond acceptors (Lipinski definition) is 8. The first-order chi connectivity index (χ1) is 17.0. The molecule has 0 atom stereocenters. The van der Waals surface area contributed by atoms with E-state index in [0.29, 0.717) is 49.2 Å². The van der Waals surface area contributed by atoms with Gasteiger partial charge in [-0.3, -0.25) is 9.69 Å². The Bertz CT molecular complexity index is 1140. The number of amides is 1. The fourth-order valence-electron chi connectivity index (χ4n) is 4.05. The number of carbonyl (C=O) groups is 1. The average molecular weight is 498 g/mol. The van der Waals surface area contributed by atoms with E-state index in [2.05, 4.69) is 9.88 Å². The second-order valence-corrected chi connectivity index (χ2v) is 9.23. The number of methoxy groups -OCH3 is 3. The van der Waals surface area contributed by atoms with Crippen LogP contribution in [0.4, 0.5) is 0 Å². The molecular formula is C26H31N3O5S. The molecule has 4 rings (SSSR count). The summed E-state index contributed by atoms with van der Waals surface area (Å²) in [4.78, 5) is 21.7. The maximum Gasteiger partial charge on any atom is 0.273 e. The minimum Gasteiger partial charge on any atom is -0.493 e. The highest BCUT2D eigenvalue weighted by Crippen LogP contribution is 2.40. The highest BCUT2D eigenvalue weighted by Gasteiger charge is 2.25. The summed E-state index contributed by atoms with van der Waals surface area (Å²) in [6.07, 6.45) is 0. The molecule has 8 nitrogen and oxygen atoms in total. The van der Waals surface area contributed by atoms with Gasteiger partial charge in [0.25, 0.3) is 5.91 Å². The van der Waals surface area contributed by atoms with Gasteiger partial charge in [-0.25, -0.2) is 4.98 Å². The van der Waals surface area contributed by atoms with Gasteiger partial charge in [0.1, 0.15) is 23.1 Å². The number of rotatable bonds is 9. The van der Waals surface area contributed by atoms with Crippen LogP contribution in [-0.2, 0) is 13.2 Å². The quantitative estimate of drug-likeness (QED) is 0.442. The van der Waals surface area contributed by atoms with E-state index >= 15 is 0 Å². The standard InChI is InChI=1S/C26H31N3O5S/c1-18-5-8-20(9-6-18)34-16-23-27-21(17-35-23)26(30)29-13-11-28(12-14-29)15-19-7-10-22(31-2)25(33-4)24(19)32-3/h5-10,17H,11-16H2,1-4H3. The molecule has 1 saturated heterocycles. The Kier molecular flexibility index (Phi) is 8.09. The Morgan fingerprint density at radius 1 is 0.943 bits per heavy atom. The molecule has 9 heteroatoms. The molecule has 186 valence electrons. The molecule has 3 aromatic rings. The number of aromatic nitrogens is 1. The lowest BCUT2D eigenvalue weighted by Crippen LogP contribution is -2.48. The third-order valence-electron chi connectivity index (χ3n) is 5.99. The number of nitrogens with zero attached hydrogens (tertiary/aromatic N) is 3. The Hall–Kier alpha value is -3.30. The van der Waals surface area contributed by atoms with Crippen LogP contribution < -0.4 is 18.9 Å². The first-order valence-corrected chi connectivity index (χ1v) is 12.3. The van der Waals surface area contributed by atoms with E-state index in [0.717, 1.165) is 29.4 Å². The summed E-state index contributed by atoms with van der Waals surface area (Å²) in [7, 11) is 4.84. The van der Waals surface area contributed by atoms with E-state index in [-0.39, 0.29) is 5.91 Å². The third-order valence-corrected chi connectivity index (χ3v) is 6.82. The normalized spacial score (nSPS) is 14.0. The van der Waals surface area contributed by atoms with Crippen LogP contribution in [0.2, 0.25) is 0 Å². The molecule has 0 saturated carbocycles. The lowest BCUT2D eigenvalue weighted by molar-refractivity contribution is 0.0622. The summed E-state index contributed by atoms with van der Waals surface area (Å²) in [6, 6.07) is 11.8. The van der Waals surface area contributed by atoms with Crippen LogP contribution in [0.25, 0.3) is 0 Å². The molecule has 0 aliphatic carbocycles. The Labute approximate surface area is 210 Å². The lowest BCUT2D eigenvalue weighted by atomic mass is 10.1. The molecule has 2 heterocycles. The van der Waals surface area contributed by atoms with Crippen molar-refractivity contribution < 1.29 is 23.7 Å². The number of piperazine rings is 1. The molecule has 1 aromatic heterocycles. The van der Waals surface area contributed by atoms with Crippen molar-refractivity contribution in [3.63, 3.8) is 0 Å². The summed E-state index contributed by atoms with van der Waals surface area (Å²) in [5, 5.41) is 2.60. The summed E-state index contributed by atoms with van der Waals surface area (Å²) in [5.41, 5.74) is 2.68. The monoisotopic (exact) mass is 497 g/mol. The highest BCUT2D eigenvalue weighted by molar-refractivity contribution is 7.09. The van der Waals surface area contributed by atoms with Gasteiger partial charge in [0.15, 0.2) is 11.5 Å². The topological polar surface area (TPSA) is 73.4 Å². The van der Waals surface area contributed by atoms with Gasteiger partial charge in [-0.05, 0) is 25.1 Å². The largest absolute Gasteiger partial charge is 0.493 e. The molecule has 0 spiro atoms. The first-order valence-electron chi connectivity index (χ1n) is 11.5. The number of hydrogen-bond donors (Lipinski definition) is 0. The molecule has 35 heavy (non-hydrogen) atoms. The third kappa shape index (κ3) is 5.86. The molecule has 2 aromatic carbocycles. The number of benzene rings is 2. The van der Waals surface area contributed by atoms with Crippen LogP contribution in [0.15, 0.2) is 41.8 Å². The van der Waals surface area contributed by atoms with Crippen molar-refractivity contribution in [2.24, 2.45) is 0 Å². The molecule has 0 N–H and O–H groups in total. The fraction of sp³-hybridized carbons (Fsp3) is 0.385. The maximum absolute atomic E-state index is 13.0. The lowest BCUT2D eigenvalue weighted by Gasteiger charge is -2.34. The smallest absolute Gasteiger partial charge is 0.273 e. The molecule has 0 radical (unpaired) electrons. The highest BCUT2D eigenvalue weighted by atomic mass is 32.1. The van der Waals surface area contributed by atoms with Crippen molar-refractivity contribution in [3.8, 4) is 23.0 Å². The summed E-state index contributed by atoms with van der Waals surface area (Å²) < 4.78 is 22.3. The zero-order chi connectivity index (χ0) is 24.8. The molecule has 1 fully saturated rings. The van der Waals surface area contributed by atoms with Crippen molar-refractivity contribution in [2.45, 2.75) is 20.1 Å². The van der Waals surface area contributed by atoms with Crippen LogP contribution in [0.5, 0.6) is 23.0 Å². The van der Waals surface area contributed by atoms with E-state index in [1.807, 2.05) is 53.6 Å². The Balaban J connectivity index is 1.31. The summed E-state index contributed by atoms with van der Waals surface area (Å²) in [5.74, 6) is 2.66. The van der Waals surface area contributed by atoms with Gasteiger partial charge < -0.3 is 23.8 Å². The predicted octanol–water partition coefficient (Wildman–Crippen LogP) is 4.01. The zero-order valence-corrected chi connectivity index (χ0v) is 21.4. The van der Waals surface area contributed by atoms with E-state index in [1.165, 1.54) is 16.9 Å². The zero-order valence-electron chi connectivity index (χ0n) is 20.6. The SMILES string of the molecule is COc1ccc(CN2CCN(C(=O)c3csc(COc4ccc(C)cc4)n3)CC2)c(OC)c1OC. The van der Waals surface area contributed by atoms with E-state index in [9.17, 15) is 4.79 Å². The van der Waals surface area contributed by atoms with Gasteiger partial charge in [-0.15, -0.1) is 11.3 Å². The minimum absolute atomic E-state index is 0.0359. The molecular weight excluding hydrogens is 466 g/mol. The maximum atomic E-state index is 13.0. The Morgan fingerprint density at radius 3 is 2.31 bits per heavy atom. The Morgan fingerprint density at radius 2 is 1.66 bits per heavy atom. The van der Waals surface area contributed by atoms with Crippen LogP contribution in [-0.4, -0.2) is 68.2 Å². The second kappa shape index (κ2) is 11.4. The second-order valence-electron chi connectivity index (χ2n) is 8.29.